The molecule has 132 valence electrons. The van der Waals surface area contributed by atoms with Crippen LogP contribution in [0.25, 0.3) is 0 Å². The first-order chi connectivity index (χ1) is 11.2. The van der Waals surface area contributed by atoms with E-state index in [2.05, 4.69) is 0 Å². The van der Waals surface area contributed by atoms with Crippen LogP contribution < -0.4 is 0 Å². The molecule has 1 saturated heterocycles. The van der Waals surface area contributed by atoms with Gasteiger partial charge >= 0.3 is 12.1 Å². The van der Waals surface area contributed by atoms with Crippen LogP contribution in [0.4, 0.5) is 13.2 Å². The Morgan fingerprint density at radius 1 is 1.38 bits per heavy atom. The maximum Gasteiger partial charge on any atom is 0.416 e. The Morgan fingerprint density at radius 3 is 2.67 bits per heavy atom. The minimum absolute atomic E-state index is 0.0264. The zero-order valence-electron chi connectivity index (χ0n) is 13.0. The summed E-state index contributed by atoms with van der Waals surface area (Å²) in [5, 5.41) is 9.14. The molecule has 1 amide bonds. The number of carbonyl (C=O) groups is 2. The van der Waals surface area contributed by atoms with Crippen LogP contribution in [-0.4, -0.2) is 47.7 Å². The molecule has 0 bridgehead atoms. The quantitative estimate of drug-likeness (QED) is 0.911. The average Bonchev–Trinajstić information content (AvgIpc) is 2.53. The predicted molar refractivity (Wildman–Crippen MR) is 78.4 cm³/mol. The summed E-state index contributed by atoms with van der Waals surface area (Å²) in [5.41, 5.74) is -0.749. The van der Waals surface area contributed by atoms with Crippen LogP contribution in [0.2, 0.25) is 0 Å². The molecular formula is C16H18F3NO4. The third kappa shape index (κ3) is 4.05. The molecule has 1 aromatic rings. The van der Waals surface area contributed by atoms with E-state index in [-0.39, 0.29) is 31.7 Å². The first-order valence-electron chi connectivity index (χ1n) is 7.48. The zero-order valence-corrected chi connectivity index (χ0v) is 13.0. The van der Waals surface area contributed by atoms with Gasteiger partial charge < -0.3 is 14.7 Å². The maximum absolute atomic E-state index is 13.1. The first-order valence-corrected chi connectivity index (χ1v) is 7.48. The van der Waals surface area contributed by atoms with E-state index in [1.54, 1.807) is 0 Å². The summed E-state index contributed by atoms with van der Waals surface area (Å²) in [4.78, 5) is 24.7. The molecule has 5 nitrogen and oxygen atoms in total. The monoisotopic (exact) mass is 345 g/mol. The van der Waals surface area contributed by atoms with E-state index in [4.69, 9.17) is 9.84 Å². The molecule has 24 heavy (non-hydrogen) atoms. The number of hydrogen-bond acceptors (Lipinski definition) is 3. The van der Waals surface area contributed by atoms with Crippen molar-refractivity contribution in [1.82, 2.24) is 4.90 Å². The average molecular weight is 345 g/mol. The van der Waals surface area contributed by atoms with Gasteiger partial charge in [0.15, 0.2) is 6.04 Å². The van der Waals surface area contributed by atoms with Gasteiger partial charge in [0.1, 0.15) is 0 Å². The molecule has 0 spiro atoms. The number of carboxylic acid groups (broad SMARTS) is 1. The van der Waals surface area contributed by atoms with Gasteiger partial charge in [-0.05, 0) is 17.5 Å². The molecule has 2 atom stereocenters. The van der Waals surface area contributed by atoms with E-state index in [9.17, 15) is 22.8 Å². The number of aliphatic carboxylic acids is 1. The normalized spacial score (nSPS) is 19.8. The Balaban J connectivity index is 2.16. The van der Waals surface area contributed by atoms with Gasteiger partial charge in [-0.15, -0.1) is 0 Å². The van der Waals surface area contributed by atoms with Crippen LogP contribution >= 0.6 is 0 Å². The number of hydrogen-bond donors (Lipinski definition) is 1. The van der Waals surface area contributed by atoms with Crippen LogP contribution in [0.3, 0.4) is 0 Å². The van der Waals surface area contributed by atoms with Crippen molar-refractivity contribution in [3.8, 4) is 0 Å². The molecule has 2 unspecified atom stereocenters. The molecule has 0 aliphatic carbocycles. The van der Waals surface area contributed by atoms with Crippen molar-refractivity contribution in [1.29, 1.82) is 0 Å². The fraction of sp³-hybridized carbons (Fsp3) is 0.500. The van der Waals surface area contributed by atoms with Gasteiger partial charge in [0.25, 0.3) is 0 Å². The highest BCUT2D eigenvalue weighted by Gasteiger charge is 2.36. The molecular weight excluding hydrogens is 327 g/mol. The number of carboxylic acids is 1. The van der Waals surface area contributed by atoms with Gasteiger partial charge in [-0.3, -0.25) is 4.79 Å². The molecule has 1 aromatic carbocycles. The molecule has 0 aromatic heterocycles. The van der Waals surface area contributed by atoms with Crippen LogP contribution in [-0.2, 0) is 20.5 Å². The van der Waals surface area contributed by atoms with Gasteiger partial charge in [0.2, 0.25) is 5.91 Å². The standard InChI is InChI=1S/C16H18F3NO4/c1-10(11-4-2-3-5-12(11)16(17,18)19)8-14(21)20-6-7-24-9-13(20)15(22)23/h2-5,10,13H,6-9H2,1H3,(H,22,23). The van der Waals surface area contributed by atoms with Crippen LogP contribution in [0.5, 0.6) is 0 Å². The SMILES string of the molecule is CC(CC(=O)N1CCOCC1C(=O)O)c1ccccc1C(F)(F)F. The van der Waals surface area contributed by atoms with Crippen molar-refractivity contribution in [2.75, 3.05) is 19.8 Å². The predicted octanol–water partition coefficient (Wildman–Crippen LogP) is 2.51. The first kappa shape index (κ1) is 18.3. The zero-order chi connectivity index (χ0) is 17.9. The Morgan fingerprint density at radius 2 is 2.04 bits per heavy atom. The summed E-state index contributed by atoms with van der Waals surface area (Å²) in [6.07, 6.45) is -4.70. The number of rotatable bonds is 4. The Bertz CT molecular complexity index is 618. The van der Waals surface area contributed by atoms with E-state index in [0.29, 0.717) is 0 Å². The summed E-state index contributed by atoms with van der Waals surface area (Å²) in [7, 11) is 0. The molecule has 1 fully saturated rings. The lowest BCUT2D eigenvalue weighted by Crippen LogP contribution is -2.52. The number of morpholine rings is 1. The minimum atomic E-state index is -4.50. The van der Waals surface area contributed by atoms with Crippen LogP contribution in [0, 0.1) is 0 Å². The molecule has 0 radical (unpaired) electrons. The van der Waals surface area contributed by atoms with E-state index < -0.39 is 35.6 Å². The Labute approximate surface area is 137 Å². The lowest BCUT2D eigenvalue weighted by atomic mass is 9.92. The highest BCUT2D eigenvalue weighted by Crippen LogP contribution is 2.36. The number of halogens is 3. The summed E-state index contributed by atoms with van der Waals surface area (Å²) in [6, 6.07) is 4.00. The van der Waals surface area contributed by atoms with E-state index in [0.717, 1.165) is 6.07 Å². The third-order valence-electron chi connectivity index (χ3n) is 4.01. The van der Waals surface area contributed by atoms with E-state index in [1.165, 1.54) is 30.0 Å². The van der Waals surface area contributed by atoms with Crippen molar-refractivity contribution >= 4 is 11.9 Å². The summed E-state index contributed by atoms with van der Waals surface area (Å²) < 4.78 is 44.3. The number of nitrogens with zero attached hydrogens (tertiary/aromatic N) is 1. The second-order valence-electron chi connectivity index (χ2n) is 5.71. The second kappa shape index (κ2) is 7.21. The van der Waals surface area contributed by atoms with Gasteiger partial charge in [-0.1, -0.05) is 25.1 Å². The highest BCUT2D eigenvalue weighted by molar-refractivity contribution is 5.84. The van der Waals surface area contributed by atoms with Gasteiger partial charge in [0, 0.05) is 13.0 Å². The molecule has 8 heteroatoms. The molecule has 1 N–H and O–H groups in total. The largest absolute Gasteiger partial charge is 0.480 e. The highest BCUT2D eigenvalue weighted by atomic mass is 19.4. The topological polar surface area (TPSA) is 66.8 Å². The lowest BCUT2D eigenvalue weighted by Gasteiger charge is -2.33. The van der Waals surface area contributed by atoms with Crippen molar-refractivity contribution in [2.45, 2.75) is 31.5 Å². The van der Waals surface area contributed by atoms with Crippen molar-refractivity contribution in [2.24, 2.45) is 0 Å². The second-order valence-corrected chi connectivity index (χ2v) is 5.71. The number of amides is 1. The fourth-order valence-electron chi connectivity index (χ4n) is 2.78. The molecule has 1 aliphatic rings. The summed E-state index contributed by atoms with van der Waals surface area (Å²) in [6.45, 7) is 1.74. The van der Waals surface area contributed by atoms with Crippen molar-refractivity contribution in [3.63, 3.8) is 0 Å². The van der Waals surface area contributed by atoms with Gasteiger partial charge in [-0.2, -0.15) is 13.2 Å². The molecule has 1 aliphatic heterocycles. The number of alkyl halides is 3. The Hall–Kier alpha value is -2.09. The maximum atomic E-state index is 13.1. The van der Waals surface area contributed by atoms with E-state index in [1.807, 2.05) is 0 Å². The molecule has 1 heterocycles. The van der Waals surface area contributed by atoms with Gasteiger partial charge in [0.05, 0.1) is 18.8 Å². The van der Waals surface area contributed by atoms with Crippen LogP contribution in [0.1, 0.15) is 30.4 Å². The van der Waals surface area contributed by atoms with Crippen LogP contribution in [0.15, 0.2) is 24.3 Å². The van der Waals surface area contributed by atoms with Gasteiger partial charge in [-0.25, -0.2) is 4.79 Å². The number of ether oxygens (including phenoxy) is 1. The van der Waals surface area contributed by atoms with Crippen molar-refractivity contribution < 1.29 is 32.6 Å². The smallest absolute Gasteiger partial charge is 0.416 e. The molecule has 2 rings (SSSR count). The summed E-state index contributed by atoms with van der Waals surface area (Å²) in [5.74, 6) is -2.37. The Kier molecular flexibility index (Phi) is 5.48. The van der Waals surface area contributed by atoms with Crippen molar-refractivity contribution in [3.05, 3.63) is 35.4 Å². The fourth-order valence-corrected chi connectivity index (χ4v) is 2.78. The lowest BCUT2D eigenvalue weighted by molar-refractivity contribution is -0.158. The third-order valence-corrected chi connectivity index (χ3v) is 4.01. The minimum Gasteiger partial charge on any atom is -0.480 e. The number of carbonyl (C=O) groups excluding carboxylic acids is 1. The van der Waals surface area contributed by atoms with E-state index >= 15 is 0 Å². The number of benzene rings is 1. The molecule has 0 saturated carbocycles. The summed E-state index contributed by atoms with van der Waals surface area (Å²) >= 11 is 0.